The van der Waals surface area contributed by atoms with Gasteiger partial charge in [0.05, 0.1) is 17.5 Å². The number of nitrogens with zero attached hydrogens (tertiary/aromatic N) is 3. The van der Waals surface area contributed by atoms with E-state index in [1.165, 1.54) is 0 Å². The van der Waals surface area contributed by atoms with Crippen molar-refractivity contribution in [2.45, 2.75) is 45.7 Å². The molecule has 1 N–H and O–H groups in total. The lowest BCUT2D eigenvalue weighted by Gasteiger charge is -2.09. The molecule has 0 atom stereocenters. The van der Waals surface area contributed by atoms with Crippen molar-refractivity contribution < 1.29 is 4.79 Å². The zero-order chi connectivity index (χ0) is 13.6. The minimum atomic E-state index is -0.0216. The van der Waals surface area contributed by atoms with Gasteiger partial charge >= 0.3 is 0 Å². The summed E-state index contributed by atoms with van der Waals surface area (Å²) in [6, 6.07) is 2.51. The number of rotatable bonds is 3. The second kappa shape index (κ2) is 4.33. The van der Waals surface area contributed by atoms with Crippen LogP contribution in [0.3, 0.4) is 0 Å². The van der Waals surface area contributed by atoms with Gasteiger partial charge in [-0.2, -0.15) is 5.10 Å². The minimum Gasteiger partial charge on any atom is -0.349 e. The van der Waals surface area contributed by atoms with Gasteiger partial charge in [0.25, 0.3) is 5.91 Å². The van der Waals surface area contributed by atoms with Crippen LogP contribution in [0.4, 0.5) is 0 Å². The summed E-state index contributed by atoms with van der Waals surface area (Å²) in [5.41, 5.74) is 2.26. The van der Waals surface area contributed by atoms with Crippen molar-refractivity contribution in [3.8, 4) is 0 Å². The fourth-order valence-corrected chi connectivity index (χ4v) is 2.16. The molecule has 1 saturated carbocycles. The van der Waals surface area contributed by atoms with Gasteiger partial charge in [0.2, 0.25) is 0 Å². The number of aryl methyl sites for hydroxylation is 1. The molecule has 0 aromatic carbocycles. The lowest BCUT2D eigenvalue weighted by atomic mass is 10.1. The normalized spacial score (nSPS) is 15.2. The molecule has 19 heavy (non-hydrogen) atoms. The molecule has 5 heteroatoms. The molecule has 0 radical (unpaired) electrons. The van der Waals surface area contributed by atoms with Gasteiger partial charge in [0.15, 0.2) is 5.65 Å². The number of pyridine rings is 1. The van der Waals surface area contributed by atoms with Gasteiger partial charge in [-0.15, -0.1) is 0 Å². The van der Waals surface area contributed by atoms with Crippen LogP contribution in [0, 0.1) is 6.92 Å². The zero-order valence-electron chi connectivity index (χ0n) is 11.5. The minimum absolute atomic E-state index is 0.0216. The van der Waals surface area contributed by atoms with E-state index < -0.39 is 0 Å². The van der Waals surface area contributed by atoms with E-state index in [4.69, 9.17) is 0 Å². The van der Waals surface area contributed by atoms with E-state index in [9.17, 15) is 4.79 Å². The van der Waals surface area contributed by atoms with Crippen LogP contribution in [-0.2, 0) is 0 Å². The molecule has 5 nitrogen and oxygen atoms in total. The van der Waals surface area contributed by atoms with Crippen LogP contribution in [0.1, 0.15) is 48.8 Å². The maximum atomic E-state index is 12.1. The largest absolute Gasteiger partial charge is 0.349 e. The van der Waals surface area contributed by atoms with Gasteiger partial charge in [0.1, 0.15) is 0 Å². The number of aromatic nitrogens is 3. The summed E-state index contributed by atoms with van der Waals surface area (Å²) < 4.78 is 1.88. The lowest BCUT2D eigenvalue weighted by molar-refractivity contribution is 0.0950. The second-order valence-electron chi connectivity index (χ2n) is 5.46. The number of carbonyl (C=O) groups is 1. The van der Waals surface area contributed by atoms with Gasteiger partial charge in [0, 0.05) is 17.5 Å². The van der Waals surface area contributed by atoms with Crippen molar-refractivity contribution in [1.29, 1.82) is 0 Å². The van der Waals surface area contributed by atoms with Gasteiger partial charge in [-0.05, 0) is 39.7 Å². The average Bonchev–Trinajstić information content (AvgIpc) is 3.06. The van der Waals surface area contributed by atoms with Crippen LogP contribution in [-0.4, -0.2) is 26.7 Å². The first kappa shape index (κ1) is 12.1. The predicted octanol–water partition coefficient (Wildman–Crippen LogP) is 2.21. The van der Waals surface area contributed by atoms with E-state index in [1.807, 2.05) is 17.7 Å². The molecule has 1 aliphatic rings. The summed E-state index contributed by atoms with van der Waals surface area (Å²) in [6.45, 7) is 6.01. The number of carbonyl (C=O) groups excluding carboxylic acids is 1. The Balaban J connectivity index is 2.02. The summed E-state index contributed by atoms with van der Waals surface area (Å²) in [7, 11) is 0. The Kier molecular flexibility index (Phi) is 2.77. The third-order valence-corrected chi connectivity index (χ3v) is 3.41. The van der Waals surface area contributed by atoms with Crippen LogP contribution in [0.25, 0.3) is 11.0 Å². The summed E-state index contributed by atoms with van der Waals surface area (Å²) >= 11 is 0. The van der Waals surface area contributed by atoms with Crippen molar-refractivity contribution in [3.05, 3.63) is 23.5 Å². The molecule has 2 aromatic rings. The maximum absolute atomic E-state index is 12.1. The fourth-order valence-electron chi connectivity index (χ4n) is 2.16. The van der Waals surface area contributed by atoms with E-state index in [-0.39, 0.29) is 11.9 Å². The van der Waals surface area contributed by atoms with Crippen LogP contribution in [0.5, 0.6) is 0 Å². The number of amides is 1. The van der Waals surface area contributed by atoms with E-state index in [0.717, 1.165) is 29.6 Å². The summed E-state index contributed by atoms with van der Waals surface area (Å²) in [5.74, 6) is -0.0216. The molecule has 1 fully saturated rings. The number of hydrogen-bond acceptors (Lipinski definition) is 3. The second-order valence-corrected chi connectivity index (χ2v) is 5.46. The van der Waals surface area contributed by atoms with Gasteiger partial charge in [-0.25, -0.2) is 9.67 Å². The zero-order valence-corrected chi connectivity index (χ0v) is 11.5. The van der Waals surface area contributed by atoms with E-state index >= 15 is 0 Å². The number of nitrogens with one attached hydrogen (secondary N) is 1. The summed E-state index contributed by atoms with van der Waals surface area (Å²) in [6.07, 6.45) is 3.95. The molecule has 0 spiro atoms. The van der Waals surface area contributed by atoms with Crippen molar-refractivity contribution in [2.24, 2.45) is 0 Å². The van der Waals surface area contributed by atoms with E-state index in [0.29, 0.717) is 11.6 Å². The van der Waals surface area contributed by atoms with Gasteiger partial charge in [-0.3, -0.25) is 4.79 Å². The SMILES string of the molecule is Cc1nc2c(cnn2C(C)C)cc1C(=O)NC1CC1. The summed E-state index contributed by atoms with van der Waals surface area (Å²) in [5, 5.41) is 8.25. The van der Waals surface area contributed by atoms with Crippen molar-refractivity contribution >= 4 is 16.9 Å². The smallest absolute Gasteiger partial charge is 0.253 e. The Morgan fingerprint density at radius 3 is 2.84 bits per heavy atom. The van der Waals surface area contributed by atoms with Crippen LogP contribution in [0.2, 0.25) is 0 Å². The lowest BCUT2D eigenvalue weighted by Crippen LogP contribution is -2.26. The van der Waals surface area contributed by atoms with Crippen molar-refractivity contribution in [1.82, 2.24) is 20.1 Å². The molecular weight excluding hydrogens is 240 g/mol. The highest BCUT2D eigenvalue weighted by atomic mass is 16.1. The Morgan fingerprint density at radius 1 is 1.47 bits per heavy atom. The maximum Gasteiger partial charge on any atom is 0.253 e. The topological polar surface area (TPSA) is 59.8 Å². The molecule has 1 aliphatic carbocycles. The Hall–Kier alpha value is -1.91. The van der Waals surface area contributed by atoms with Crippen LogP contribution in [0.15, 0.2) is 12.3 Å². The first-order chi connectivity index (χ1) is 9.06. The highest BCUT2D eigenvalue weighted by Gasteiger charge is 2.25. The Labute approximate surface area is 112 Å². The number of fused-ring (bicyclic) bond motifs is 1. The third kappa shape index (κ3) is 2.20. The van der Waals surface area contributed by atoms with Crippen LogP contribution < -0.4 is 5.32 Å². The van der Waals surface area contributed by atoms with E-state index in [1.54, 1.807) is 6.20 Å². The predicted molar refractivity (Wildman–Crippen MR) is 73.1 cm³/mol. The first-order valence-corrected chi connectivity index (χ1v) is 6.72. The highest BCUT2D eigenvalue weighted by molar-refractivity contribution is 5.98. The standard InChI is InChI=1S/C14H18N4O/c1-8(2)18-13-10(7-15-18)6-12(9(3)16-13)14(19)17-11-4-5-11/h6-8,11H,4-5H2,1-3H3,(H,17,19). The number of hydrogen-bond donors (Lipinski definition) is 1. The molecule has 0 saturated heterocycles. The summed E-state index contributed by atoms with van der Waals surface area (Å²) in [4.78, 5) is 16.7. The molecule has 0 aliphatic heterocycles. The monoisotopic (exact) mass is 258 g/mol. The third-order valence-electron chi connectivity index (χ3n) is 3.41. The van der Waals surface area contributed by atoms with Crippen LogP contribution >= 0.6 is 0 Å². The fraction of sp³-hybridized carbons (Fsp3) is 0.500. The molecular formula is C14H18N4O. The molecule has 100 valence electrons. The molecule has 2 heterocycles. The molecule has 3 rings (SSSR count). The Bertz CT molecular complexity index is 640. The molecule has 2 aromatic heterocycles. The average molecular weight is 258 g/mol. The van der Waals surface area contributed by atoms with Crippen molar-refractivity contribution in [2.75, 3.05) is 0 Å². The molecule has 1 amide bonds. The molecule has 0 bridgehead atoms. The quantitative estimate of drug-likeness (QED) is 0.918. The van der Waals surface area contributed by atoms with Crippen molar-refractivity contribution in [3.63, 3.8) is 0 Å². The highest BCUT2D eigenvalue weighted by Crippen LogP contribution is 2.22. The van der Waals surface area contributed by atoms with Gasteiger partial charge < -0.3 is 5.32 Å². The Morgan fingerprint density at radius 2 is 2.21 bits per heavy atom. The van der Waals surface area contributed by atoms with Gasteiger partial charge in [-0.1, -0.05) is 0 Å². The van der Waals surface area contributed by atoms with E-state index in [2.05, 4.69) is 29.2 Å². The first-order valence-electron chi connectivity index (χ1n) is 6.72. The molecule has 0 unspecified atom stereocenters.